The van der Waals surface area contributed by atoms with Crippen molar-refractivity contribution in [3.63, 3.8) is 0 Å². The lowest BCUT2D eigenvalue weighted by atomic mass is 10.0. The molecule has 0 saturated heterocycles. The summed E-state index contributed by atoms with van der Waals surface area (Å²) in [6.07, 6.45) is 50.9. The first-order valence-electron chi connectivity index (χ1n) is 23.2. The molecule has 59 heavy (non-hydrogen) atoms. The number of hydrogen-bond acceptors (Lipinski definition) is 7. The van der Waals surface area contributed by atoms with E-state index in [1.54, 1.807) is 0 Å². The molecule has 0 aliphatic rings. The number of esters is 2. The standard InChI is InChI=1S/C49H86NO8P/c1-6-8-10-12-14-16-18-20-21-22-23-24-25-26-27-28-29-30-32-34-36-38-40-42-49(52)58-47(46-57-59(53,54)56-44-43-50(3,4)5)45-55-48(51)41-39-37-35-33-31-19-17-15-13-11-9-7-2/h8,10,14,16,20-21,23-24,26-27,29-30,47H,6-7,9,11-13,15,17-19,22,25,28,31-46H2,1-5H3/p+1/b10-8-,16-14-,21-20-,24-23-,27-26-,30-29-. The Labute approximate surface area is 361 Å². The number of quaternary nitrogens is 1. The Balaban J connectivity index is 4.37. The van der Waals surface area contributed by atoms with Crippen LogP contribution in [0.1, 0.15) is 174 Å². The molecule has 0 aliphatic heterocycles. The second kappa shape index (κ2) is 40.8. The lowest BCUT2D eigenvalue weighted by molar-refractivity contribution is -0.870. The Bertz CT molecular complexity index is 1230. The van der Waals surface area contributed by atoms with Crippen LogP contribution < -0.4 is 0 Å². The predicted octanol–water partition coefficient (Wildman–Crippen LogP) is 13.4. The van der Waals surface area contributed by atoms with Crippen LogP contribution in [0, 0.1) is 0 Å². The van der Waals surface area contributed by atoms with Crippen molar-refractivity contribution in [1.82, 2.24) is 0 Å². The zero-order valence-electron chi connectivity index (χ0n) is 38.2. The Morgan fingerprint density at radius 3 is 1.44 bits per heavy atom. The van der Waals surface area contributed by atoms with Crippen LogP contribution in [-0.4, -0.2) is 74.9 Å². The SMILES string of the molecule is CC/C=C\C/C=C\C/C=C\C/C=C\C/C=C\C/C=C\CCCCCCC(=O)OC(COC(=O)CCCCCCCCCCCCCC)COP(=O)(O)OCC[N+](C)(C)C. The molecule has 0 aliphatic carbocycles. The van der Waals surface area contributed by atoms with Crippen molar-refractivity contribution < 1.29 is 42.1 Å². The van der Waals surface area contributed by atoms with Gasteiger partial charge in [0.2, 0.25) is 0 Å². The third-order valence-corrected chi connectivity index (χ3v) is 10.5. The topological polar surface area (TPSA) is 108 Å². The quantitative estimate of drug-likeness (QED) is 0.0213. The smallest absolute Gasteiger partial charge is 0.462 e. The second-order valence-corrected chi connectivity index (χ2v) is 17.9. The lowest BCUT2D eigenvalue weighted by Gasteiger charge is -2.24. The molecule has 0 bridgehead atoms. The van der Waals surface area contributed by atoms with Gasteiger partial charge in [0.15, 0.2) is 6.10 Å². The third-order valence-electron chi connectivity index (χ3n) is 9.50. The summed E-state index contributed by atoms with van der Waals surface area (Å²) >= 11 is 0. The molecule has 0 aromatic carbocycles. The number of nitrogens with zero attached hydrogens (tertiary/aromatic N) is 1. The van der Waals surface area contributed by atoms with E-state index in [0.717, 1.165) is 83.5 Å². The average molecular weight is 849 g/mol. The number of unbranched alkanes of at least 4 members (excludes halogenated alkanes) is 15. The highest BCUT2D eigenvalue weighted by Gasteiger charge is 2.27. The number of carbonyl (C=O) groups is 2. The number of phosphoric acid groups is 1. The molecule has 0 radical (unpaired) electrons. The van der Waals surface area contributed by atoms with Crippen molar-refractivity contribution >= 4 is 19.8 Å². The highest BCUT2D eigenvalue weighted by Crippen LogP contribution is 2.43. The van der Waals surface area contributed by atoms with E-state index >= 15 is 0 Å². The first-order valence-corrected chi connectivity index (χ1v) is 24.7. The Kier molecular flexibility index (Phi) is 39.1. The van der Waals surface area contributed by atoms with Gasteiger partial charge in [0, 0.05) is 12.8 Å². The fourth-order valence-electron chi connectivity index (χ4n) is 5.90. The Morgan fingerprint density at radius 2 is 0.966 bits per heavy atom. The Hall–Kier alpha value is -2.55. The van der Waals surface area contributed by atoms with Gasteiger partial charge in [-0.25, -0.2) is 4.57 Å². The van der Waals surface area contributed by atoms with E-state index in [0.29, 0.717) is 17.4 Å². The maximum Gasteiger partial charge on any atom is 0.472 e. The number of rotatable bonds is 41. The minimum Gasteiger partial charge on any atom is -0.462 e. The summed E-state index contributed by atoms with van der Waals surface area (Å²) < 4.78 is 34.3. The summed E-state index contributed by atoms with van der Waals surface area (Å²) in [7, 11) is 1.45. The van der Waals surface area contributed by atoms with Gasteiger partial charge in [0.25, 0.3) is 0 Å². The molecule has 0 fully saturated rings. The third kappa shape index (κ3) is 44.8. The van der Waals surface area contributed by atoms with Crippen LogP contribution in [0.2, 0.25) is 0 Å². The van der Waals surface area contributed by atoms with Crippen molar-refractivity contribution in [3.8, 4) is 0 Å². The molecule has 9 nitrogen and oxygen atoms in total. The second-order valence-electron chi connectivity index (χ2n) is 16.4. The molecule has 1 N–H and O–H groups in total. The molecule has 0 rings (SSSR count). The zero-order valence-corrected chi connectivity index (χ0v) is 39.1. The van der Waals surface area contributed by atoms with Crippen LogP contribution in [0.5, 0.6) is 0 Å². The summed E-state index contributed by atoms with van der Waals surface area (Å²) in [6, 6.07) is 0. The van der Waals surface area contributed by atoms with Crippen LogP contribution in [0.4, 0.5) is 0 Å². The molecule has 0 amide bonds. The van der Waals surface area contributed by atoms with Gasteiger partial charge in [-0.05, 0) is 64.2 Å². The maximum atomic E-state index is 12.7. The molecule has 10 heteroatoms. The number of hydrogen-bond donors (Lipinski definition) is 1. The van der Waals surface area contributed by atoms with E-state index in [4.69, 9.17) is 18.5 Å². The fraction of sp³-hybridized carbons (Fsp3) is 0.714. The van der Waals surface area contributed by atoms with E-state index in [9.17, 15) is 19.0 Å². The van der Waals surface area contributed by atoms with Gasteiger partial charge in [-0.15, -0.1) is 0 Å². The summed E-state index contributed by atoms with van der Waals surface area (Å²) in [4.78, 5) is 35.4. The van der Waals surface area contributed by atoms with E-state index in [2.05, 4.69) is 86.8 Å². The monoisotopic (exact) mass is 849 g/mol. The number of phosphoric ester groups is 1. The van der Waals surface area contributed by atoms with Crippen molar-refractivity contribution in [2.75, 3.05) is 47.5 Å². The van der Waals surface area contributed by atoms with Crippen LogP contribution in [-0.2, 0) is 32.7 Å². The van der Waals surface area contributed by atoms with E-state index in [1.165, 1.54) is 57.8 Å². The largest absolute Gasteiger partial charge is 0.472 e. The molecular formula is C49H87NO8P+. The first-order chi connectivity index (χ1) is 28.5. The average Bonchev–Trinajstić information content (AvgIpc) is 3.19. The normalized spacial score (nSPS) is 14.2. The highest BCUT2D eigenvalue weighted by atomic mass is 31.2. The van der Waals surface area contributed by atoms with Gasteiger partial charge in [-0.1, -0.05) is 170 Å². The van der Waals surface area contributed by atoms with E-state index in [1.807, 2.05) is 21.1 Å². The molecule has 0 heterocycles. The van der Waals surface area contributed by atoms with Crippen molar-refractivity contribution in [2.45, 2.75) is 180 Å². The first kappa shape index (κ1) is 56.5. The molecular weight excluding hydrogens is 762 g/mol. The molecule has 340 valence electrons. The number of allylic oxidation sites excluding steroid dienone is 12. The minimum absolute atomic E-state index is 0.0237. The summed E-state index contributed by atoms with van der Waals surface area (Å²) in [6.45, 7) is 4.26. The number of likely N-dealkylation sites (N-methyl/N-ethyl adjacent to an activating group) is 1. The van der Waals surface area contributed by atoms with Crippen LogP contribution in [0.3, 0.4) is 0 Å². The molecule has 0 saturated carbocycles. The summed E-state index contributed by atoms with van der Waals surface area (Å²) in [5.41, 5.74) is 0. The van der Waals surface area contributed by atoms with Crippen LogP contribution in [0.25, 0.3) is 0 Å². The maximum absolute atomic E-state index is 12.7. The van der Waals surface area contributed by atoms with Gasteiger partial charge in [0.05, 0.1) is 27.7 Å². The van der Waals surface area contributed by atoms with Gasteiger partial charge in [-0.3, -0.25) is 18.6 Å². The number of carbonyl (C=O) groups excluding carboxylic acids is 2. The molecule has 0 spiro atoms. The zero-order chi connectivity index (χ0) is 43.6. The van der Waals surface area contributed by atoms with Crippen LogP contribution >= 0.6 is 7.82 Å². The van der Waals surface area contributed by atoms with Crippen LogP contribution in [0.15, 0.2) is 72.9 Å². The predicted molar refractivity (Wildman–Crippen MR) is 247 cm³/mol. The minimum atomic E-state index is -4.38. The van der Waals surface area contributed by atoms with Gasteiger partial charge in [0.1, 0.15) is 19.8 Å². The lowest BCUT2D eigenvalue weighted by Crippen LogP contribution is -2.37. The van der Waals surface area contributed by atoms with Gasteiger partial charge in [-0.2, -0.15) is 0 Å². The number of ether oxygens (including phenoxy) is 2. The van der Waals surface area contributed by atoms with Gasteiger partial charge >= 0.3 is 19.8 Å². The van der Waals surface area contributed by atoms with E-state index in [-0.39, 0.29) is 32.0 Å². The molecule has 0 aromatic rings. The molecule has 2 unspecified atom stereocenters. The highest BCUT2D eigenvalue weighted by molar-refractivity contribution is 7.47. The molecule has 2 atom stereocenters. The van der Waals surface area contributed by atoms with Crippen molar-refractivity contribution in [3.05, 3.63) is 72.9 Å². The molecule has 0 aromatic heterocycles. The van der Waals surface area contributed by atoms with Gasteiger partial charge < -0.3 is 18.9 Å². The van der Waals surface area contributed by atoms with E-state index < -0.39 is 26.5 Å². The summed E-state index contributed by atoms with van der Waals surface area (Å²) in [5, 5.41) is 0. The Morgan fingerprint density at radius 1 is 0.542 bits per heavy atom. The summed E-state index contributed by atoms with van der Waals surface area (Å²) in [5.74, 6) is -0.831. The van der Waals surface area contributed by atoms with Crippen molar-refractivity contribution in [1.29, 1.82) is 0 Å². The van der Waals surface area contributed by atoms with Crippen molar-refractivity contribution in [2.24, 2.45) is 0 Å². The fourth-order valence-corrected chi connectivity index (χ4v) is 6.64.